The third-order valence-electron chi connectivity index (χ3n) is 3.14. The molecule has 1 heterocycles. The summed E-state index contributed by atoms with van der Waals surface area (Å²) in [4.78, 5) is 0. The third kappa shape index (κ3) is 2.05. The van der Waals surface area contributed by atoms with Gasteiger partial charge in [-0.05, 0) is 18.8 Å². The summed E-state index contributed by atoms with van der Waals surface area (Å²) in [6.07, 6.45) is 4.02. The quantitative estimate of drug-likeness (QED) is 0.729. The van der Waals surface area contributed by atoms with E-state index < -0.39 is 9.84 Å². The average molecular weight is 203 g/mol. The maximum Gasteiger partial charge on any atom is 0.153 e. The molecule has 2 fully saturated rings. The first-order valence-corrected chi connectivity index (χ1v) is 6.82. The van der Waals surface area contributed by atoms with Crippen LogP contribution in [0, 0.1) is 5.92 Å². The molecule has 0 unspecified atom stereocenters. The number of rotatable bonds is 3. The summed E-state index contributed by atoms with van der Waals surface area (Å²) in [6.45, 7) is 1.79. The van der Waals surface area contributed by atoms with E-state index in [-0.39, 0.29) is 5.25 Å². The first kappa shape index (κ1) is 9.46. The molecular weight excluding hydrogens is 186 g/mol. The fraction of sp³-hybridized carbons (Fsp3) is 1.00. The van der Waals surface area contributed by atoms with E-state index in [1.54, 1.807) is 0 Å². The van der Waals surface area contributed by atoms with Crippen molar-refractivity contribution in [1.82, 2.24) is 5.32 Å². The predicted octanol–water partition coefficient (Wildman–Crippen LogP) is 0.563. The third-order valence-corrected chi connectivity index (χ3v) is 5.57. The molecule has 1 N–H and O–H groups in total. The van der Waals surface area contributed by atoms with Gasteiger partial charge in [-0.25, -0.2) is 8.42 Å². The molecule has 0 aromatic heterocycles. The Labute approximate surface area is 79.8 Å². The molecule has 0 bridgehead atoms. The Kier molecular flexibility index (Phi) is 2.60. The molecule has 0 atom stereocenters. The van der Waals surface area contributed by atoms with Crippen molar-refractivity contribution >= 4 is 9.84 Å². The lowest BCUT2D eigenvalue weighted by molar-refractivity contribution is 0.377. The summed E-state index contributed by atoms with van der Waals surface area (Å²) in [7, 11) is -2.76. The lowest BCUT2D eigenvalue weighted by Crippen LogP contribution is -2.46. The summed E-state index contributed by atoms with van der Waals surface area (Å²) in [5.74, 6) is 0.815. The van der Waals surface area contributed by atoms with Crippen molar-refractivity contribution in [2.45, 2.75) is 30.9 Å². The minimum atomic E-state index is -2.76. The Morgan fingerprint density at radius 3 is 2.23 bits per heavy atom. The predicted molar refractivity (Wildman–Crippen MR) is 52.4 cm³/mol. The van der Waals surface area contributed by atoms with E-state index in [2.05, 4.69) is 5.32 Å². The van der Waals surface area contributed by atoms with Crippen LogP contribution in [0.25, 0.3) is 0 Å². The fourth-order valence-corrected chi connectivity index (χ4v) is 4.39. The van der Waals surface area contributed by atoms with Gasteiger partial charge in [-0.15, -0.1) is 0 Å². The Hall–Kier alpha value is -0.0900. The van der Waals surface area contributed by atoms with Gasteiger partial charge in [0.1, 0.15) is 0 Å². The molecule has 13 heavy (non-hydrogen) atoms. The van der Waals surface area contributed by atoms with Crippen LogP contribution in [0.2, 0.25) is 0 Å². The Balaban J connectivity index is 1.93. The fourth-order valence-electron chi connectivity index (χ4n) is 2.18. The van der Waals surface area contributed by atoms with Gasteiger partial charge in [0.25, 0.3) is 0 Å². The van der Waals surface area contributed by atoms with Crippen LogP contribution in [0.1, 0.15) is 25.7 Å². The highest BCUT2D eigenvalue weighted by Gasteiger charge is 2.32. The molecular formula is C9H17NO2S. The summed E-state index contributed by atoms with van der Waals surface area (Å²) < 4.78 is 23.6. The minimum Gasteiger partial charge on any atom is -0.316 e. The monoisotopic (exact) mass is 203 g/mol. The van der Waals surface area contributed by atoms with Gasteiger partial charge in [-0.1, -0.05) is 12.8 Å². The topological polar surface area (TPSA) is 46.2 Å². The first-order chi connectivity index (χ1) is 6.18. The minimum absolute atomic E-state index is 0.00639. The van der Waals surface area contributed by atoms with E-state index in [0.717, 1.165) is 38.8 Å². The van der Waals surface area contributed by atoms with Crippen molar-refractivity contribution in [2.24, 2.45) is 5.92 Å². The average Bonchev–Trinajstić information content (AvgIpc) is 2.49. The molecule has 2 aliphatic rings. The molecule has 0 aromatic rings. The molecule has 0 aromatic carbocycles. The van der Waals surface area contributed by atoms with Crippen molar-refractivity contribution in [3.63, 3.8) is 0 Å². The molecule has 1 aliphatic heterocycles. The van der Waals surface area contributed by atoms with Crippen molar-refractivity contribution in [3.8, 4) is 0 Å². The normalized spacial score (nSPS) is 26.2. The smallest absolute Gasteiger partial charge is 0.153 e. The number of hydrogen-bond acceptors (Lipinski definition) is 3. The van der Waals surface area contributed by atoms with Gasteiger partial charge in [-0.2, -0.15) is 0 Å². The van der Waals surface area contributed by atoms with Crippen LogP contribution < -0.4 is 5.32 Å². The molecule has 4 heteroatoms. The molecule has 0 spiro atoms. The van der Waals surface area contributed by atoms with E-state index >= 15 is 0 Å². The van der Waals surface area contributed by atoms with Crippen molar-refractivity contribution < 1.29 is 8.42 Å². The van der Waals surface area contributed by atoms with E-state index in [4.69, 9.17) is 0 Å². The SMILES string of the molecule is O=S(=O)(CC1CNC1)C1CCCC1. The molecule has 1 saturated carbocycles. The molecule has 3 nitrogen and oxygen atoms in total. The molecule has 0 amide bonds. The van der Waals surface area contributed by atoms with Crippen LogP contribution in [-0.2, 0) is 9.84 Å². The zero-order valence-corrected chi connectivity index (χ0v) is 8.65. The highest BCUT2D eigenvalue weighted by atomic mass is 32.2. The molecule has 1 aliphatic carbocycles. The lowest BCUT2D eigenvalue weighted by atomic mass is 10.1. The summed E-state index contributed by atoms with van der Waals surface area (Å²) in [5.41, 5.74) is 0. The lowest BCUT2D eigenvalue weighted by Gasteiger charge is -2.27. The van der Waals surface area contributed by atoms with Crippen molar-refractivity contribution in [3.05, 3.63) is 0 Å². The second-order valence-corrected chi connectivity index (χ2v) is 6.59. The molecule has 76 valence electrons. The maximum absolute atomic E-state index is 11.8. The maximum atomic E-state index is 11.8. The highest BCUT2D eigenvalue weighted by Crippen LogP contribution is 2.26. The van der Waals surface area contributed by atoms with Crippen molar-refractivity contribution in [1.29, 1.82) is 0 Å². The number of hydrogen-bond donors (Lipinski definition) is 1. The Morgan fingerprint density at radius 1 is 1.15 bits per heavy atom. The number of sulfone groups is 1. The van der Waals surface area contributed by atoms with Crippen molar-refractivity contribution in [2.75, 3.05) is 18.8 Å². The van der Waals surface area contributed by atoms with Gasteiger partial charge in [0.2, 0.25) is 0 Å². The van der Waals surface area contributed by atoms with Crippen LogP contribution in [0.5, 0.6) is 0 Å². The summed E-state index contributed by atoms with van der Waals surface area (Å²) >= 11 is 0. The molecule has 1 saturated heterocycles. The second kappa shape index (κ2) is 3.58. The van der Waals surface area contributed by atoms with E-state index in [0.29, 0.717) is 11.7 Å². The van der Waals surface area contributed by atoms with Gasteiger partial charge in [0.05, 0.1) is 11.0 Å². The van der Waals surface area contributed by atoms with Gasteiger partial charge < -0.3 is 5.32 Å². The van der Waals surface area contributed by atoms with Gasteiger partial charge in [0.15, 0.2) is 9.84 Å². The largest absolute Gasteiger partial charge is 0.316 e. The molecule has 2 rings (SSSR count). The number of nitrogens with one attached hydrogen (secondary N) is 1. The van der Waals surface area contributed by atoms with Crippen LogP contribution in [0.3, 0.4) is 0 Å². The van der Waals surface area contributed by atoms with Crippen LogP contribution >= 0.6 is 0 Å². The Bertz CT molecular complexity index is 263. The zero-order chi connectivity index (χ0) is 9.31. The molecule has 0 radical (unpaired) electrons. The van der Waals surface area contributed by atoms with Crippen LogP contribution in [0.4, 0.5) is 0 Å². The van der Waals surface area contributed by atoms with E-state index in [9.17, 15) is 8.42 Å². The van der Waals surface area contributed by atoms with E-state index in [1.165, 1.54) is 0 Å². The zero-order valence-electron chi connectivity index (χ0n) is 7.83. The standard InChI is InChI=1S/C9H17NO2S/c11-13(12,7-8-5-10-6-8)9-3-1-2-4-9/h8-10H,1-7H2. The Morgan fingerprint density at radius 2 is 1.77 bits per heavy atom. The first-order valence-electron chi connectivity index (χ1n) is 5.11. The summed E-state index contributed by atoms with van der Waals surface area (Å²) in [5, 5.41) is 3.10. The highest BCUT2D eigenvalue weighted by molar-refractivity contribution is 7.92. The van der Waals surface area contributed by atoms with Gasteiger partial charge in [0, 0.05) is 13.1 Å². The van der Waals surface area contributed by atoms with E-state index in [1.807, 2.05) is 0 Å². The van der Waals surface area contributed by atoms with Gasteiger partial charge >= 0.3 is 0 Å². The van der Waals surface area contributed by atoms with Crippen LogP contribution in [0.15, 0.2) is 0 Å². The second-order valence-electron chi connectivity index (χ2n) is 4.26. The summed E-state index contributed by atoms with van der Waals surface area (Å²) in [6, 6.07) is 0. The van der Waals surface area contributed by atoms with Crippen LogP contribution in [-0.4, -0.2) is 32.5 Å². The van der Waals surface area contributed by atoms with Gasteiger partial charge in [-0.3, -0.25) is 0 Å².